The fraction of sp³-hybridized carbons (Fsp3) is 0.333. The van der Waals surface area contributed by atoms with Crippen molar-refractivity contribution in [3.8, 4) is 5.75 Å². The lowest BCUT2D eigenvalue weighted by Gasteiger charge is -2.13. The summed E-state index contributed by atoms with van der Waals surface area (Å²) < 4.78 is 10.1. The molecule has 0 radical (unpaired) electrons. The molecule has 0 fully saturated rings. The molecule has 0 aromatic heterocycles. The third-order valence-electron chi connectivity index (χ3n) is 2.54. The summed E-state index contributed by atoms with van der Waals surface area (Å²) in [4.78, 5) is 22.7. The second kappa shape index (κ2) is 3.96. The number of hydrogen-bond donors (Lipinski definition) is 0. The van der Waals surface area contributed by atoms with Gasteiger partial charge in [0.15, 0.2) is 0 Å². The maximum Gasteiger partial charge on any atom is 0.350 e. The average molecular weight is 220 g/mol. The molecule has 0 saturated carbocycles. The quantitative estimate of drug-likeness (QED) is 0.578. The molecule has 0 N–H and O–H groups in total. The van der Waals surface area contributed by atoms with E-state index in [0.29, 0.717) is 5.75 Å². The maximum atomic E-state index is 11.4. The summed E-state index contributed by atoms with van der Waals surface area (Å²) in [6.07, 6.45) is 0.821. The van der Waals surface area contributed by atoms with Gasteiger partial charge in [0.2, 0.25) is 0 Å². The molecular formula is C12H12O4. The molecule has 1 aliphatic heterocycles. The predicted molar refractivity (Wildman–Crippen MR) is 56.6 cm³/mol. The van der Waals surface area contributed by atoms with Crippen LogP contribution in [0.25, 0.3) is 0 Å². The Balaban J connectivity index is 2.41. The first-order valence-electron chi connectivity index (χ1n) is 5.19. The molecule has 2 rings (SSSR count). The van der Waals surface area contributed by atoms with Gasteiger partial charge in [-0.15, -0.1) is 0 Å². The highest BCUT2D eigenvalue weighted by molar-refractivity contribution is 6.16. The zero-order valence-electron chi connectivity index (χ0n) is 9.15. The molecule has 1 aliphatic rings. The molecule has 0 bridgehead atoms. The zero-order chi connectivity index (χ0) is 11.7. The molecule has 16 heavy (non-hydrogen) atoms. The number of hydrogen-bond acceptors (Lipinski definition) is 4. The lowest BCUT2D eigenvalue weighted by molar-refractivity contribution is 0.0442. The lowest BCUT2D eigenvalue weighted by Crippen LogP contribution is -2.12. The number of carbonyl (C=O) groups excluding carboxylic acids is 2. The Morgan fingerprint density at radius 3 is 2.75 bits per heavy atom. The normalized spacial score (nSPS) is 15.6. The highest BCUT2D eigenvalue weighted by atomic mass is 16.6. The van der Waals surface area contributed by atoms with Crippen LogP contribution in [-0.4, -0.2) is 18.0 Å². The fourth-order valence-electron chi connectivity index (χ4n) is 1.50. The molecule has 0 saturated heterocycles. The van der Waals surface area contributed by atoms with E-state index < -0.39 is 11.9 Å². The molecule has 1 atom stereocenters. The maximum absolute atomic E-state index is 11.4. The van der Waals surface area contributed by atoms with Gasteiger partial charge in [0.25, 0.3) is 0 Å². The van der Waals surface area contributed by atoms with Gasteiger partial charge in [-0.1, -0.05) is 13.0 Å². The van der Waals surface area contributed by atoms with Crippen molar-refractivity contribution in [3.63, 3.8) is 0 Å². The van der Waals surface area contributed by atoms with Crippen LogP contribution in [0.4, 0.5) is 0 Å². The molecule has 4 nitrogen and oxygen atoms in total. The van der Waals surface area contributed by atoms with Gasteiger partial charge < -0.3 is 9.47 Å². The topological polar surface area (TPSA) is 52.6 Å². The third kappa shape index (κ3) is 1.66. The molecule has 1 aromatic rings. The molecule has 0 spiro atoms. The minimum absolute atomic E-state index is 0.00463. The summed E-state index contributed by atoms with van der Waals surface area (Å²) in [5, 5.41) is 0. The van der Waals surface area contributed by atoms with Crippen LogP contribution < -0.4 is 4.74 Å². The number of cyclic esters (lactones) is 2. The Labute approximate surface area is 93.2 Å². The average Bonchev–Trinajstić information content (AvgIpc) is 2.56. The van der Waals surface area contributed by atoms with E-state index >= 15 is 0 Å². The van der Waals surface area contributed by atoms with Crippen molar-refractivity contribution in [2.24, 2.45) is 0 Å². The summed E-state index contributed by atoms with van der Waals surface area (Å²) in [6, 6.07) is 4.91. The smallest absolute Gasteiger partial charge is 0.350 e. The molecule has 1 heterocycles. The highest BCUT2D eigenvalue weighted by Gasteiger charge is 2.33. The van der Waals surface area contributed by atoms with Crippen molar-refractivity contribution >= 4 is 11.9 Å². The summed E-state index contributed by atoms with van der Waals surface area (Å²) in [5.74, 6) is -0.809. The number of fused-ring (bicyclic) bond motifs is 1. The zero-order valence-corrected chi connectivity index (χ0v) is 9.15. The van der Waals surface area contributed by atoms with Gasteiger partial charge in [-0.3, -0.25) is 0 Å². The molecule has 0 amide bonds. The van der Waals surface area contributed by atoms with Crippen LogP contribution in [0.3, 0.4) is 0 Å². The fourth-order valence-corrected chi connectivity index (χ4v) is 1.50. The number of ether oxygens (including phenoxy) is 2. The first-order chi connectivity index (χ1) is 7.63. The third-order valence-corrected chi connectivity index (χ3v) is 2.54. The van der Waals surface area contributed by atoms with E-state index in [1.54, 1.807) is 18.2 Å². The molecule has 4 heteroatoms. The first-order valence-corrected chi connectivity index (χ1v) is 5.19. The Morgan fingerprint density at radius 2 is 2.06 bits per heavy atom. The van der Waals surface area contributed by atoms with Gasteiger partial charge in [0, 0.05) is 0 Å². The number of esters is 2. The summed E-state index contributed by atoms with van der Waals surface area (Å²) in [6.45, 7) is 3.89. The first kappa shape index (κ1) is 10.7. The van der Waals surface area contributed by atoms with Gasteiger partial charge in [0.05, 0.1) is 11.7 Å². The van der Waals surface area contributed by atoms with Crippen molar-refractivity contribution in [1.82, 2.24) is 0 Å². The minimum Gasteiger partial charge on any atom is -0.490 e. The molecule has 84 valence electrons. The van der Waals surface area contributed by atoms with E-state index in [2.05, 4.69) is 4.74 Å². The van der Waals surface area contributed by atoms with Crippen LogP contribution in [0.5, 0.6) is 5.75 Å². The summed E-state index contributed by atoms with van der Waals surface area (Å²) in [7, 11) is 0. The van der Waals surface area contributed by atoms with Crippen molar-refractivity contribution < 1.29 is 19.1 Å². The minimum atomic E-state index is -0.626. The second-order valence-corrected chi connectivity index (χ2v) is 3.69. The van der Waals surface area contributed by atoms with Crippen LogP contribution in [-0.2, 0) is 4.74 Å². The Bertz CT molecular complexity index is 450. The number of benzene rings is 1. The standard InChI is InChI=1S/C12H12O4/c1-3-7(2)15-9-6-4-5-8-10(9)12(14)16-11(8)13/h4-7H,3H2,1-2H3. The van der Waals surface area contributed by atoms with Crippen LogP contribution in [0.15, 0.2) is 18.2 Å². The Kier molecular flexibility index (Phi) is 2.64. The number of carbonyl (C=O) groups is 2. The van der Waals surface area contributed by atoms with E-state index in [1.807, 2.05) is 13.8 Å². The Hall–Kier alpha value is -1.84. The molecular weight excluding hydrogens is 208 g/mol. The monoisotopic (exact) mass is 220 g/mol. The summed E-state index contributed by atoms with van der Waals surface area (Å²) >= 11 is 0. The predicted octanol–water partition coefficient (Wildman–Crippen LogP) is 2.17. The molecule has 1 aromatic carbocycles. The highest BCUT2D eigenvalue weighted by Crippen LogP contribution is 2.29. The Morgan fingerprint density at radius 1 is 1.31 bits per heavy atom. The molecule has 0 aliphatic carbocycles. The van der Waals surface area contributed by atoms with Crippen molar-refractivity contribution in [2.75, 3.05) is 0 Å². The van der Waals surface area contributed by atoms with Gasteiger partial charge in [-0.25, -0.2) is 9.59 Å². The number of rotatable bonds is 3. The molecule has 1 unspecified atom stereocenters. The van der Waals surface area contributed by atoms with Crippen molar-refractivity contribution in [1.29, 1.82) is 0 Å². The van der Waals surface area contributed by atoms with E-state index in [1.165, 1.54) is 0 Å². The SMILES string of the molecule is CCC(C)Oc1cccc2c1C(=O)OC2=O. The van der Waals surface area contributed by atoms with E-state index in [9.17, 15) is 9.59 Å². The lowest BCUT2D eigenvalue weighted by atomic mass is 10.1. The van der Waals surface area contributed by atoms with Crippen molar-refractivity contribution in [3.05, 3.63) is 29.3 Å². The van der Waals surface area contributed by atoms with Gasteiger partial charge in [-0.2, -0.15) is 0 Å². The van der Waals surface area contributed by atoms with Crippen LogP contribution in [0.2, 0.25) is 0 Å². The van der Waals surface area contributed by atoms with Gasteiger partial charge in [-0.05, 0) is 25.5 Å². The van der Waals surface area contributed by atoms with E-state index in [0.717, 1.165) is 6.42 Å². The second-order valence-electron chi connectivity index (χ2n) is 3.69. The van der Waals surface area contributed by atoms with Gasteiger partial charge >= 0.3 is 11.9 Å². The van der Waals surface area contributed by atoms with Crippen LogP contribution >= 0.6 is 0 Å². The van der Waals surface area contributed by atoms with E-state index in [4.69, 9.17) is 4.74 Å². The largest absolute Gasteiger partial charge is 0.490 e. The van der Waals surface area contributed by atoms with Gasteiger partial charge in [0.1, 0.15) is 11.3 Å². The summed E-state index contributed by atoms with van der Waals surface area (Å²) in [5.41, 5.74) is 0.526. The van der Waals surface area contributed by atoms with Crippen LogP contribution in [0, 0.1) is 0 Å². The van der Waals surface area contributed by atoms with Crippen molar-refractivity contribution in [2.45, 2.75) is 26.4 Å². The van der Waals surface area contributed by atoms with Crippen LogP contribution in [0.1, 0.15) is 41.0 Å². The van der Waals surface area contributed by atoms with E-state index in [-0.39, 0.29) is 17.2 Å².